The number of hydrogen-bond acceptors (Lipinski definition) is 4. The summed E-state index contributed by atoms with van der Waals surface area (Å²) >= 11 is 0. The van der Waals surface area contributed by atoms with E-state index in [1.165, 1.54) is 35.2 Å². The minimum absolute atomic E-state index is 0.157. The molecule has 1 atom stereocenters. The highest BCUT2D eigenvalue weighted by Crippen LogP contribution is 2.24. The molecule has 26 heavy (non-hydrogen) atoms. The molecule has 0 aliphatic carbocycles. The van der Waals surface area contributed by atoms with E-state index in [0.717, 1.165) is 19.5 Å². The van der Waals surface area contributed by atoms with Crippen LogP contribution in [0.5, 0.6) is 0 Å². The molecule has 1 aromatic carbocycles. The van der Waals surface area contributed by atoms with Gasteiger partial charge in [-0.1, -0.05) is 37.3 Å². The Bertz CT molecular complexity index is 782. The summed E-state index contributed by atoms with van der Waals surface area (Å²) in [6, 6.07) is 13.3. The van der Waals surface area contributed by atoms with E-state index in [1.807, 2.05) is 25.1 Å². The zero-order valence-electron chi connectivity index (χ0n) is 15.2. The Labute approximate surface area is 153 Å². The molecule has 1 fully saturated rings. The maximum atomic E-state index is 12.6. The molecule has 2 heterocycles. The first-order valence-corrected chi connectivity index (χ1v) is 9.34. The average molecular weight is 354 g/mol. The molecule has 1 aromatic heterocycles. The smallest absolute Gasteiger partial charge is 0.271 e. The number of nitrogens with one attached hydrogen (secondary N) is 1. The Morgan fingerprint density at radius 2 is 1.88 bits per heavy atom. The molecule has 3 rings (SSSR count). The van der Waals surface area contributed by atoms with Gasteiger partial charge in [0.25, 0.3) is 11.5 Å². The summed E-state index contributed by atoms with van der Waals surface area (Å²) in [5.41, 5.74) is 1.31. The van der Waals surface area contributed by atoms with Crippen LogP contribution in [0.3, 0.4) is 0 Å². The molecule has 0 bridgehead atoms. The molecule has 2 aromatic rings. The first-order chi connectivity index (χ1) is 12.7. The Morgan fingerprint density at radius 1 is 1.15 bits per heavy atom. The molecule has 6 nitrogen and oxygen atoms in total. The average Bonchev–Trinajstić information content (AvgIpc) is 3.19. The largest absolute Gasteiger partial charge is 0.349 e. The summed E-state index contributed by atoms with van der Waals surface area (Å²) in [7, 11) is 0. The SMILES string of the molecule is CCCn1nc(C(=O)NC[C@H](c2ccccc2)N2CCCC2)ccc1=O. The summed E-state index contributed by atoms with van der Waals surface area (Å²) in [5.74, 6) is -0.241. The Hall–Kier alpha value is -2.47. The number of hydrogen-bond donors (Lipinski definition) is 1. The van der Waals surface area contributed by atoms with E-state index >= 15 is 0 Å². The highest BCUT2D eigenvalue weighted by molar-refractivity contribution is 5.92. The number of nitrogens with zero attached hydrogens (tertiary/aromatic N) is 3. The van der Waals surface area contributed by atoms with Gasteiger partial charge in [-0.15, -0.1) is 0 Å². The monoisotopic (exact) mass is 354 g/mol. The van der Waals surface area contributed by atoms with Gasteiger partial charge < -0.3 is 5.32 Å². The topological polar surface area (TPSA) is 67.2 Å². The molecule has 1 saturated heterocycles. The van der Waals surface area contributed by atoms with E-state index < -0.39 is 0 Å². The molecule has 1 N–H and O–H groups in total. The molecular weight excluding hydrogens is 328 g/mol. The first-order valence-electron chi connectivity index (χ1n) is 9.34. The molecule has 1 amide bonds. The third kappa shape index (κ3) is 4.38. The lowest BCUT2D eigenvalue weighted by molar-refractivity contribution is 0.0930. The number of aromatic nitrogens is 2. The van der Waals surface area contributed by atoms with E-state index in [-0.39, 0.29) is 23.2 Å². The van der Waals surface area contributed by atoms with Crippen LogP contribution in [0.25, 0.3) is 0 Å². The number of amides is 1. The number of rotatable bonds is 7. The van der Waals surface area contributed by atoms with E-state index in [1.54, 1.807) is 0 Å². The third-order valence-corrected chi connectivity index (χ3v) is 4.76. The fourth-order valence-electron chi connectivity index (χ4n) is 3.41. The molecule has 1 aliphatic heterocycles. The van der Waals surface area contributed by atoms with Gasteiger partial charge in [0, 0.05) is 19.2 Å². The second kappa shape index (κ2) is 8.76. The van der Waals surface area contributed by atoms with Crippen molar-refractivity contribution in [3.05, 3.63) is 64.1 Å². The minimum Gasteiger partial charge on any atom is -0.349 e. The summed E-state index contributed by atoms with van der Waals surface area (Å²) in [4.78, 5) is 26.7. The molecule has 6 heteroatoms. The van der Waals surface area contributed by atoms with E-state index in [2.05, 4.69) is 27.4 Å². The normalized spacial score (nSPS) is 15.7. The lowest BCUT2D eigenvalue weighted by atomic mass is 10.1. The van der Waals surface area contributed by atoms with Crippen molar-refractivity contribution in [3.63, 3.8) is 0 Å². The fourth-order valence-corrected chi connectivity index (χ4v) is 3.41. The highest BCUT2D eigenvalue weighted by Gasteiger charge is 2.24. The van der Waals surface area contributed by atoms with Crippen LogP contribution in [0.1, 0.15) is 48.3 Å². The van der Waals surface area contributed by atoms with Gasteiger partial charge in [-0.05, 0) is 44.0 Å². The molecular formula is C20H26N4O2. The zero-order chi connectivity index (χ0) is 18.4. The second-order valence-electron chi connectivity index (χ2n) is 6.66. The number of carbonyl (C=O) groups excluding carboxylic acids is 1. The van der Waals surface area contributed by atoms with E-state index in [9.17, 15) is 9.59 Å². The van der Waals surface area contributed by atoms with Crippen LogP contribution in [0.15, 0.2) is 47.3 Å². The van der Waals surface area contributed by atoms with Crippen molar-refractivity contribution in [2.75, 3.05) is 19.6 Å². The van der Waals surface area contributed by atoms with Crippen LogP contribution >= 0.6 is 0 Å². The summed E-state index contributed by atoms with van der Waals surface area (Å²) < 4.78 is 1.35. The number of likely N-dealkylation sites (tertiary alicyclic amines) is 1. The number of carbonyl (C=O) groups is 1. The Kier molecular flexibility index (Phi) is 6.17. The second-order valence-corrected chi connectivity index (χ2v) is 6.66. The zero-order valence-corrected chi connectivity index (χ0v) is 15.2. The lowest BCUT2D eigenvalue weighted by Crippen LogP contribution is -2.37. The number of aryl methyl sites for hydroxylation is 1. The Morgan fingerprint density at radius 3 is 2.58 bits per heavy atom. The maximum absolute atomic E-state index is 12.6. The van der Waals surface area contributed by atoms with Gasteiger partial charge in [-0.25, -0.2) is 4.68 Å². The third-order valence-electron chi connectivity index (χ3n) is 4.76. The van der Waals surface area contributed by atoms with E-state index in [0.29, 0.717) is 13.1 Å². The van der Waals surface area contributed by atoms with Crippen LogP contribution in [0.2, 0.25) is 0 Å². The molecule has 0 radical (unpaired) electrons. The molecule has 138 valence electrons. The molecule has 0 saturated carbocycles. The highest BCUT2D eigenvalue weighted by atomic mass is 16.2. The lowest BCUT2D eigenvalue weighted by Gasteiger charge is -2.28. The van der Waals surface area contributed by atoms with Gasteiger partial charge >= 0.3 is 0 Å². The predicted molar refractivity (Wildman–Crippen MR) is 101 cm³/mol. The maximum Gasteiger partial charge on any atom is 0.271 e. The molecule has 0 unspecified atom stereocenters. The van der Waals surface area contributed by atoms with Crippen molar-refractivity contribution >= 4 is 5.91 Å². The van der Waals surface area contributed by atoms with Gasteiger partial charge in [0.05, 0.1) is 6.04 Å². The first kappa shape index (κ1) is 18.3. The van der Waals surface area contributed by atoms with Gasteiger partial charge in [0.2, 0.25) is 0 Å². The van der Waals surface area contributed by atoms with Gasteiger partial charge in [0.15, 0.2) is 0 Å². The predicted octanol–water partition coefficient (Wildman–Crippen LogP) is 2.22. The van der Waals surface area contributed by atoms with Gasteiger partial charge in [-0.3, -0.25) is 14.5 Å². The summed E-state index contributed by atoms with van der Waals surface area (Å²) in [6.45, 7) is 5.11. The van der Waals surface area contributed by atoms with Crippen molar-refractivity contribution in [2.45, 2.75) is 38.8 Å². The van der Waals surface area contributed by atoms with Crippen molar-refractivity contribution in [3.8, 4) is 0 Å². The molecule has 0 spiro atoms. The van der Waals surface area contributed by atoms with Crippen molar-refractivity contribution in [1.29, 1.82) is 0 Å². The van der Waals surface area contributed by atoms with Gasteiger partial charge in [0.1, 0.15) is 5.69 Å². The van der Waals surface area contributed by atoms with Gasteiger partial charge in [-0.2, -0.15) is 5.10 Å². The van der Waals surface area contributed by atoms with Crippen LogP contribution in [-0.4, -0.2) is 40.2 Å². The fraction of sp³-hybridized carbons (Fsp3) is 0.450. The summed E-state index contributed by atoms with van der Waals surface area (Å²) in [6.07, 6.45) is 3.19. The van der Waals surface area contributed by atoms with Crippen LogP contribution in [0, 0.1) is 0 Å². The molecule has 1 aliphatic rings. The van der Waals surface area contributed by atoms with Crippen LogP contribution < -0.4 is 10.9 Å². The van der Waals surface area contributed by atoms with Crippen molar-refractivity contribution in [2.24, 2.45) is 0 Å². The van der Waals surface area contributed by atoms with Crippen molar-refractivity contribution < 1.29 is 4.79 Å². The number of benzene rings is 1. The quantitative estimate of drug-likeness (QED) is 0.828. The minimum atomic E-state index is -0.241. The van der Waals surface area contributed by atoms with Crippen molar-refractivity contribution in [1.82, 2.24) is 20.0 Å². The Balaban J connectivity index is 1.71. The van der Waals surface area contributed by atoms with E-state index in [4.69, 9.17) is 0 Å². The van der Waals surface area contributed by atoms with Crippen LogP contribution in [-0.2, 0) is 6.54 Å². The van der Waals surface area contributed by atoms with Crippen LogP contribution in [0.4, 0.5) is 0 Å². The summed E-state index contributed by atoms with van der Waals surface area (Å²) in [5, 5.41) is 7.19. The standard InChI is InChI=1S/C20H26N4O2/c1-2-12-24-19(25)11-10-17(22-24)20(26)21-15-18(23-13-6-7-14-23)16-8-4-3-5-9-16/h3-5,8-11,18H,2,6-7,12-15H2,1H3,(H,21,26)/t18-/m1/s1.